The molecular weight excluding hydrogens is 553 g/mol. The molecule has 0 atom stereocenters. The maximum atomic E-state index is 12.7. The van der Waals surface area contributed by atoms with Crippen LogP contribution in [0.3, 0.4) is 0 Å². The summed E-state index contributed by atoms with van der Waals surface area (Å²) in [5.41, 5.74) is 0.777. The number of piperidine rings is 1. The highest BCUT2D eigenvalue weighted by atomic mass is 127. The van der Waals surface area contributed by atoms with E-state index in [2.05, 4.69) is 27.9 Å². The van der Waals surface area contributed by atoms with Crippen LogP contribution in [0.15, 0.2) is 53.4 Å². The standard InChI is InChI=1S/C20H24IN3O5S2/c1-30(26,27)24(18-9-5-16(21)6-10-18)15-20(25)22-17-7-11-19(12-8-17)31(28,29)23-13-3-2-4-14-23/h5-12H,2-4,13-15H2,1H3,(H,22,25). The van der Waals surface area contributed by atoms with E-state index in [-0.39, 0.29) is 4.90 Å². The number of anilines is 2. The van der Waals surface area contributed by atoms with E-state index < -0.39 is 32.5 Å². The average Bonchev–Trinajstić information content (AvgIpc) is 2.73. The molecular formula is C20H24IN3O5S2. The zero-order valence-electron chi connectivity index (χ0n) is 17.0. The summed E-state index contributed by atoms with van der Waals surface area (Å²) < 4.78 is 53.3. The van der Waals surface area contributed by atoms with Gasteiger partial charge in [-0.05, 0) is 84.0 Å². The first-order chi connectivity index (χ1) is 14.6. The minimum Gasteiger partial charge on any atom is -0.325 e. The van der Waals surface area contributed by atoms with Crippen molar-refractivity contribution in [3.05, 3.63) is 52.1 Å². The molecule has 1 aliphatic heterocycles. The van der Waals surface area contributed by atoms with Crippen molar-refractivity contribution in [2.24, 2.45) is 0 Å². The third kappa shape index (κ3) is 6.18. The Kier molecular flexibility index (Phi) is 7.60. The Morgan fingerprint density at radius 3 is 2.10 bits per heavy atom. The first-order valence-electron chi connectivity index (χ1n) is 9.71. The van der Waals surface area contributed by atoms with Crippen LogP contribution in [0.5, 0.6) is 0 Å². The molecule has 0 bridgehead atoms. The number of carbonyl (C=O) groups excluding carboxylic acids is 1. The van der Waals surface area contributed by atoms with E-state index in [0.29, 0.717) is 24.5 Å². The number of sulfonamides is 2. The maximum absolute atomic E-state index is 12.7. The molecule has 168 valence electrons. The summed E-state index contributed by atoms with van der Waals surface area (Å²) in [4.78, 5) is 12.7. The predicted octanol–water partition coefficient (Wildman–Crippen LogP) is 2.87. The number of halogens is 1. The van der Waals surface area contributed by atoms with Crippen LogP contribution in [0.2, 0.25) is 0 Å². The molecule has 1 aliphatic rings. The van der Waals surface area contributed by atoms with Gasteiger partial charge < -0.3 is 5.32 Å². The molecule has 1 fully saturated rings. The van der Waals surface area contributed by atoms with E-state index in [4.69, 9.17) is 0 Å². The molecule has 1 saturated heterocycles. The molecule has 1 amide bonds. The molecule has 0 unspecified atom stereocenters. The highest BCUT2D eigenvalue weighted by Gasteiger charge is 2.26. The lowest BCUT2D eigenvalue weighted by molar-refractivity contribution is -0.114. The van der Waals surface area contributed by atoms with Crippen LogP contribution in [-0.4, -0.2) is 52.9 Å². The van der Waals surface area contributed by atoms with Gasteiger partial charge in [0.25, 0.3) is 0 Å². The summed E-state index contributed by atoms with van der Waals surface area (Å²) in [6, 6.07) is 12.7. The molecule has 8 nitrogen and oxygen atoms in total. The second kappa shape index (κ2) is 9.84. The zero-order valence-corrected chi connectivity index (χ0v) is 20.8. The Hall–Kier alpha value is -1.70. The number of hydrogen-bond donors (Lipinski definition) is 1. The Balaban J connectivity index is 1.70. The quantitative estimate of drug-likeness (QED) is 0.510. The number of benzene rings is 2. The fraction of sp³-hybridized carbons (Fsp3) is 0.350. The van der Waals surface area contributed by atoms with Gasteiger partial charge >= 0.3 is 0 Å². The van der Waals surface area contributed by atoms with Gasteiger partial charge in [0, 0.05) is 22.3 Å². The van der Waals surface area contributed by atoms with Crippen molar-refractivity contribution in [2.75, 3.05) is 35.5 Å². The van der Waals surface area contributed by atoms with E-state index in [9.17, 15) is 21.6 Å². The highest BCUT2D eigenvalue weighted by molar-refractivity contribution is 14.1. The van der Waals surface area contributed by atoms with Crippen molar-refractivity contribution < 1.29 is 21.6 Å². The molecule has 2 aromatic carbocycles. The Morgan fingerprint density at radius 2 is 1.55 bits per heavy atom. The van der Waals surface area contributed by atoms with Crippen LogP contribution in [0.25, 0.3) is 0 Å². The van der Waals surface area contributed by atoms with E-state index in [1.165, 1.54) is 28.6 Å². The van der Waals surface area contributed by atoms with Gasteiger partial charge in [0.15, 0.2) is 0 Å². The van der Waals surface area contributed by atoms with Crippen LogP contribution in [0.1, 0.15) is 19.3 Å². The first-order valence-corrected chi connectivity index (χ1v) is 14.1. The van der Waals surface area contributed by atoms with Crippen LogP contribution >= 0.6 is 22.6 Å². The fourth-order valence-corrected chi connectivity index (χ4v) is 6.04. The normalized spacial score (nSPS) is 15.4. The number of rotatable bonds is 7. The van der Waals surface area contributed by atoms with Crippen LogP contribution in [0, 0.1) is 3.57 Å². The van der Waals surface area contributed by atoms with Gasteiger partial charge in [0.2, 0.25) is 26.0 Å². The number of nitrogens with one attached hydrogen (secondary N) is 1. The van der Waals surface area contributed by atoms with Gasteiger partial charge in [-0.15, -0.1) is 0 Å². The van der Waals surface area contributed by atoms with Crippen molar-refractivity contribution in [3.8, 4) is 0 Å². The largest absolute Gasteiger partial charge is 0.325 e. The third-order valence-electron chi connectivity index (χ3n) is 4.89. The minimum absolute atomic E-state index is 0.170. The summed E-state index contributed by atoms with van der Waals surface area (Å²) in [6.07, 6.45) is 3.78. The molecule has 0 aliphatic carbocycles. The molecule has 0 aromatic heterocycles. The number of amides is 1. The Labute approximate surface area is 196 Å². The van der Waals surface area contributed by atoms with Crippen LogP contribution in [0.4, 0.5) is 11.4 Å². The van der Waals surface area contributed by atoms with Gasteiger partial charge in [-0.1, -0.05) is 6.42 Å². The molecule has 1 N–H and O–H groups in total. The average molecular weight is 577 g/mol. The van der Waals surface area contributed by atoms with E-state index in [0.717, 1.165) is 33.4 Å². The van der Waals surface area contributed by atoms with Crippen molar-refractivity contribution in [1.29, 1.82) is 0 Å². The Bertz CT molecular complexity index is 1130. The minimum atomic E-state index is -3.67. The van der Waals surface area contributed by atoms with Gasteiger partial charge in [-0.3, -0.25) is 9.10 Å². The lowest BCUT2D eigenvalue weighted by Crippen LogP contribution is -2.37. The van der Waals surface area contributed by atoms with E-state index in [1.54, 1.807) is 24.3 Å². The second-order valence-electron chi connectivity index (χ2n) is 7.28. The first kappa shape index (κ1) is 24.0. The van der Waals surface area contributed by atoms with Crippen molar-refractivity contribution >= 4 is 59.9 Å². The maximum Gasteiger partial charge on any atom is 0.245 e. The molecule has 2 aromatic rings. The van der Waals surface area contributed by atoms with Crippen molar-refractivity contribution in [3.63, 3.8) is 0 Å². The number of hydrogen-bond acceptors (Lipinski definition) is 5. The highest BCUT2D eigenvalue weighted by Crippen LogP contribution is 2.23. The zero-order chi connectivity index (χ0) is 22.6. The molecule has 11 heteroatoms. The van der Waals surface area contributed by atoms with Crippen LogP contribution in [-0.2, 0) is 24.8 Å². The van der Waals surface area contributed by atoms with Crippen molar-refractivity contribution in [1.82, 2.24) is 4.31 Å². The number of carbonyl (C=O) groups is 1. The second-order valence-corrected chi connectivity index (χ2v) is 12.4. The molecule has 1 heterocycles. The molecule has 0 saturated carbocycles. The summed E-state index contributed by atoms with van der Waals surface area (Å²) in [5.74, 6) is -0.532. The molecule has 3 rings (SSSR count). The van der Waals surface area contributed by atoms with Gasteiger partial charge in [-0.25, -0.2) is 16.8 Å². The van der Waals surface area contributed by atoms with Crippen molar-refractivity contribution in [2.45, 2.75) is 24.2 Å². The summed E-state index contributed by atoms with van der Waals surface area (Å²) in [6.45, 7) is 0.634. The molecule has 0 radical (unpaired) electrons. The monoisotopic (exact) mass is 577 g/mol. The predicted molar refractivity (Wildman–Crippen MR) is 129 cm³/mol. The lowest BCUT2D eigenvalue weighted by atomic mass is 10.2. The Morgan fingerprint density at radius 1 is 0.968 bits per heavy atom. The fourth-order valence-electron chi connectivity index (χ4n) is 3.30. The smallest absolute Gasteiger partial charge is 0.245 e. The molecule has 31 heavy (non-hydrogen) atoms. The number of nitrogens with zero attached hydrogens (tertiary/aromatic N) is 2. The van der Waals surface area contributed by atoms with E-state index >= 15 is 0 Å². The van der Waals surface area contributed by atoms with Crippen LogP contribution < -0.4 is 9.62 Å². The SMILES string of the molecule is CS(=O)(=O)N(CC(=O)Nc1ccc(S(=O)(=O)N2CCCCC2)cc1)c1ccc(I)cc1. The van der Waals surface area contributed by atoms with Gasteiger partial charge in [0.05, 0.1) is 16.8 Å². The molecule has 0 spiro atoms. The lowest BCUT2D eigenvalue weighted by Gasteiger charge is -2.26. The topological polar surface area (TPSA) is 104 Å². The van der Waals surface area contributed by atoms with E-state index in [1.807, 2.05) is 0 Å². The third-order valence-corrected chi connectivity index (χ3v) is 8.67. The summed E-state index contributed by atoms with van der Waals surface area (Å²) in [5, 5.41) is 2.63. The summed E-state index contributed by atoms with van der Waals surface area (Å²) >= 11 is 2.11. The van der Waals surface area contributed by atoms with Gasteiger partial charge in [-0.2, -0.15) is 4.31 Å². The van der Waals surface area contributed by atoms with Gasteiger partial charge in [0.1, 0.15) is 6.54 Å². The summed E-state index contributed by atoms with van der Waals surface area (Å²) in [7, 11) is -7.22.